The third kappa shape index (κ3) is 7.94. The van der Waals surface area contributed by atoms with E-state index in [1.807, 2.05) is 36.4 Å². The van der Waals surface area contributed by atoms with Crippen molar-refractivity contribution in [1.82, 2.24) is 9.97 Å². The number of hydrogen-bond donors (Lipinski definition) is 0. The molecule has 2 nitrogen and oxygen atoms in total. The molecule has 97 valence electrons. The van der Waals surface area contributed by atoms with Crippen LogP contribution in [0.5, 0.6) is 0 Å². The summed E-state index contributed by atoms with van der Waals surface area (Å²) in [5.74, 6) is 0. The van der Waals surface area contributed by atoms with Gasteiger partial charge >= 0.3 is 0 Å². The van der Waals surface area contributed by atoms with Crippen molar-refractivity contribution < 1.29 is 70.1 Å². The minimum absolute atomic E-state index is 0. The Morgan fingerprint density at radius 1 is 0.588 bits per heavy atom. The van der Waals surface area contributed by atoms with Crippen LogP contribution < -0.4 is 49.6 Å². The van der Waals surface area contributed by atoms with Gasteiger partial charge in [0.25, 0.3) is 0 Å². The second-order valence-corrected chi connectivity index (χ2v) is 2.43. The van der Waals surface area contributed by atoms with Crippen LogP contribution in [-0.2, 0) is 20.4 Å². The Morgan fingerprint density at radius 2 is 0.941 bits per heavy atom. The van der Waals surface area contributed by atoms with Crippen molar-refractivity contribution in [2.45, 2.75) is 0 Å². The Labute approximate surface area is 139 Å². The van der Waals surface area contributed by atoms with E-state index in [0.717, 1.165) is 11.4 Å². The van der Waals surface area contributed by atoms with E-state index in [-0.39, 0.29) is 70.1 Å². The molecule has 0 fully saturated rings. The Bertz CT molecular complexity index is 324. The van der Waals surface area contributed by atoms with Gasteiger partial charge in [-0.15, -0.1) is 0 Å². The fraction of sp³-hybridized carbons (Fsp3) is 0. The number of aromatic nitrogens is 2. The summed E-state index contributed by atoms with van der Waals surface area (Å²) in [6.07, 6.45) is 3.54. The molecule has 0 unspecified atom stereocenters. The smallest absolute Gasteiger partial charge is 0.0886 e. The van der Waals surface area contributed by atoms with Crippen LogP contribution in [0.1, 0.15) is 0 Å². The third-order valence-electron chi connectivity index (χ3n) is 1.59. The second-order valence-electron chi connectivity index (χ2n) is 2.43. The van der Waals surface area contributed by atoms with E-state index in [4.69, 9.17) is 0 Å². The number of hydrogen-bond acceptors (Lipinski definition) is 2. The van der Waals surface area contributed by atoms with Crippen LogP contribution in [0.4, 0.5) is 0 Å². The van der Waals surface area contributed by atoms with Gasteiger partial charge in [-0.05, 0) is 24.3 Å². The van der Waals surface area contributed by atoms with Crippen LogP contribution >= 0.6 is 0 Å². The van der Waals surface area contributed by atoms with Gasteiger partial charge in [0, 0.05) is 32.8 Å². The summed E-state index contributed by atoms with van der Waals surface area (Å²) in [5.41, 5.74) is 1.83. The molecule has 2 heterocycles. The first-order valence-electron chi connectivity index (χ1n) is 3.79. The maximum Gasteiger partial charge on any atom is 0.0886 e. The van der Waals surface area contributed by atoms with Crippen molar-refractivity contribution in [3.05, 3.63) is 48.8 Å². The van der Waals surface area contributed by atoms with Crippen molar-refractivity contribution in [2.24, 2.45) is 0 Å². The molecule has 17 heavy (non-hydrogen) atoms. The zero-order valence-corrected chi connectivity index (χ0v) is 14.1. The Kier molecular flexibility index (Phi) is 21.6. The summed E-state index contributed by atoms with van der Waals surface area (Å²) in [6.45, 7) is 0. The van der Waals surface area contributed by atoms with Gasteiger partial charge in [0.2, 0.25) is 0 Å². The Hall–Kier alpha value is 0.122. The van der Waals surface area contributed by atoms with Crippen molar-refractivity contribution in [3.63, 3.8) is 0 Å². The van der Waals surface area contributed by atoms with Crippen LogP contribution in [0.15, 0.2) is 48.8 Å². The van der Waals surface area contributed by atoms with E-state index in [1.165, 1.54) is 0 Å². The Balaban J connectivity index is -0.000000169. The minimum Gasteiger partial charge on any atom is -1.00 e. The molecular weight excluding hydrogens is 476 g/mol. The topological polar surface area (TPSA) is 25.8 Å². The van der Waals surface area contributed by atoms with Crippen LogP contribution in [0.3, 0.4) is 0 Å². The molecule has 0 N–H and O–H groups in total. The van der Waals surface area contributed by atoms with Crippen molar-refractivity contribution in [3.8, 4) is 11.4 Å². The van der Waals surface area contributed by atoms with Crippen molar-refractivity contribution in [2.75, 3.05) is 0 Å². The molecule has 0 spiro atoms. The normalized spacial score (nSPS) is 6.82. The van der Waals surface area contributed by atoms with E-state index in [9.17, 15) is 0 Å². The number of pyridine rings is 2. The maximum absolute atomic E-state index is 4.19. The molecule has 0 aliphatic carbocycles. The van der Waals surface area contributed by atoms with Crippen molar-refractivity contribution >= 4 is 0 Å². The average Bonchev–Trinajstić information content (AvgIpc) is 2.21. The zero-order chi connectivity index (χ0) is 8.23. The van der Waals surface area contributed by atoms with E-state index in [1.54, 1.807) is 12.4 Å². The molecule has 0 bridgehead atoms. The van der Waals surface area contributed by atoms with Crippen molar-refractivity contribution in [1.29, 1.82) is 0 Å². The summed E-state index contributed by atoms with van der Waals surface area (Å²) in [6, 6.07) is 11.6. The maximum atomic E-state index is 4.19. The summed E-state index contributed by atoms with van der Waals surface area (Å²) in [5, 5.41) is 0. The zero-order valence-electron chi connectivity index (χ0n) is 8.40. The van der Waals surface area contributed by atoms with Gasteiger partial charge in [-0.1, -0.05) is 12.1 Å². The molecule has 0 aromatic carbocycles. The van der Waals surface area contributed by atoms with E-state index in [0.29, 0.717) is 0 Å². The van der Waals surface area contributed by atoms with Gasteiger partial charge in [-0.3, -0.25) is 9.97 Å². The molecular formula is C10H8Cl4N2Re-4. The van der Waals surface area contributed by atoms with Crippen LogP contribution in [0.25, 0.3) is 11.4 Å². The first-order valence-corrected chi connectivity index (χ1v) is 3.79. The summed E-state index contributed by atoms with van der Waals surface area (Å²) in [4.78, 5) is 8.37. The standard InChI is InChI=1S/C10H8N2.4ClH.Re/c1-3-7-11-9(5-1)10-6-2-4-8-12-10;;;;;/h1-8H;4*1H;/p-4. The number of halogens is 4. The molecule has 2 rings (SSSR count). The predicted octanol–water partition coefficient (Wildman–Crippen LogP) is -9.84. The molecule has 7 heteroatoms. The van der Waals surface area contributed by atoms with E-state index >= 15 is 0 Å². The number of nitrogens with zero attached hydrogens (tertiary/aromatic N) is 2. The van der Waals surface area contributed by atoms with Gasteiger partial charge in [0.05, 0.1) is 11.4 Å². The summed E-state index contributed by atoms with van der Waals surface area (Å²) >= 11 is 0. The quantitative estimate of drug-likeness (QED) is 0.402. The largest absolute Gasteiger partial charge is 1.00 e. The molecule has 0 saturated carbocycles. The van der Waals surface area contributed by atoms with E-state index < -0.39 is 0 Å². The fourth-order valence-electron chi connectivity index (χ4n) is 1.03. The Morgan fingerprint density at radius 3 is 1.18 bits per heavy atom. The van der Waals surface area contributed by atoms with Gasteiger partial charge in [-0.25, -0.2) is 0 Å². The molecule has 1 radical (unpaired) electrons. The molecule has 0 atom stereocenters. The average molecular weight is 484 g/mol. The van der Waals surface area contributed by atoms with Gasteiger partial charge in [-0.2, -0.15) is 0 Å². The summed E-state index contributed by atoms with van der Waals surface area (Å²) < 4.78 is 0. The second kappa shape index (κ2) is 14.2. The number of rotatable bonds is 1. The first-order chi connectivity index (χ1) is 5.97. The van der Waals surface area contributed by atoms with Crippen LogP contribution in [0.2, 0.25) is 0 Å². The monoisotopic (exact) mass is 483 g/mol. The molecule has 0 aliphatic heterocycles. The molecule has 2 aromatic heterocycles. The molecule has 0 aliphatic rings. The molecule has 0 amide bonds. The predicted molar refractivity (Wildman–Crippen MR) is 47.5 cm³/mol. The molecule has 0 saturated heterocycles. The van der Waals surface area contributed by atoms with E-state index in [2.05, 4.69) is 9.97 Å². The minimum atomic E-state index is 0. The van der Waals surface area contributed by atoms with Crippen LogP contribution in [-0.4, -0.2) is 9.97 Å². The third-order valence-corrected chi connectivity index (χ3v) is 1.59. The SMILES string of the molecule is [Cl-].[Cl-].[Cl-].[Cl-].[Re].c1ccc(-c2ccccn2)nc1. The van der Waals surface area contributed by atoms with Crippen LogP contribution in [0, 0.1) is 0 Å². The first kappa shape index (κ1) is 25.8. The van der Waals surface area contributed by atoms with Gasteiger partial charge in [0.1, 0.15) is 0 Å². The molecule has 2 aromatic rings. The van der Waals surface area contributed by atoms with Gasteiger partial charge < -0.3 is 49.6 Å². The van der Waals surface area contributed by atoms with Gasteiger partial charge in [0.15, 0.2) is 0 Å². The summed E-state index contributed by atoms with van der Waals surface area (Å²) in [7, 11) is 0. The fourth-order valence-corrected chi connectivity index (χ4v) is 1.03.